The SMILES string of the molecule is CCCNC(=O)N1CCOC2(CCN(Cc3nccn3CCOC)CC2)C1. The number of ether oxygens (including phenoxy) is 2. The van der Waals surface area contributed by atoms with E-state index in [0.717, 1.165) is 57.8 Å². The van der Waals surface area contributed by atoms with Crippen molar-refractivity contribution in [1.82, 2.24) is 24.7 Å². The predicted molar refractivity (Wildman–Crippen MR) is 103 cm³/mol. The van der Waals surface area contributed by atoms with Crippen LogP contribution in [0.15, 0.2) is 12.4 Å². The fraction of sp³-hybridized carbons (Fsp3) is 0.789. The first-order valence-corrected chi connectivity index (χ1v) is 10.0. The molecule has 0 saturated carbocycles. The summed E-state index contributed by atoms with van der Waals surface area (Å²) in [6, 6.07) is 0.0436. The van der Waals surface area contributed by atoms with Crippen molar-refractivity contribution >= 4 is 6.03 Å². The van der Waals surface area contributed by atoms with E-state index in [9.17, 15) is 4.79 Å². The number of rotatable bonds is 7. The lowest BCUT2D eigenvalue weighted by Gasteiger charge is -2.47. The number of imidazole rings is 1. The largest absolute Gasteiger partial charge is 0.383 e. The number of hydrogen-bond donors (Lipinski definition) is 1. The Balaban J connectivity index is 1.50. The van der Waals surface area contributed by atoms with Crippen LogP contribution in [0.3, 0.4) is 0 Å². The van der Waals surface area contributed by atoms with E-state index in [2.05, 4.69) is 26.7 Å². The van der Waals surface area contributed by atoms with Gasteiger partial charge in [0.25, 0.3) is 0 Å². The van der Waals surface area contributed by atoms with Crippen molar-refractivity contribution in [3.63, 3.8) is 0 Å². The highest BCUT2D eigenvalue weighted by Gasteiger charge is 2.41. The topological polar surface area (TPSA) is 71.9 Å². The number of carbonyl (C=O) groups is 1. The molecule has 1 aromatic heterocycles. The number of hydrogen-bond acceptors (Lipinski definition) is 5. The molecule has 152 valence electrons. The normalized spacial score (nSPS) is 20.1. The van der Waals surface area contributed by atoms with Crippen LogP contribution in [0.2, 0.25) is 0 Å². The van der Waals surface area contributed by atoms with Crippen molar-refractivity contribution in [2.45, 2.75) is 44.9 Å². The molecule has 2 amide bonds. The molecular weight excluding hydrogens is 346 g/mol. The van der Waals surface area contributed by atoms with Crippen LogP contribution < -0.4 is 5.32 Å². The second-order valence-corrected chi connectivity index (χ2v) is 7.49. The van der Waals surface area contributed by atoms with E-state index in [-0.39, 0.29) is 11.6 Å². The molecule has 2 aliphatic rings. The number of methoxy groups -OCH3 is 1. The summed E-state index contributed by atoms with van der Waals surface area (Å²) in [5, 5.41) is 2.99. The smallest absolute Gasteiger partial charge is 0.317 e. The third-order valence-corrected chi connectivity index (χ3v) is 5.53. The molecule has 0 atom stereocenters. The third-order valence-electron chi connectivity index (χ3n) is 5.53. The number of nitrogens with one attached hydrogen (secondary N) is 1. The average Bonchev–Trinajstić information content (AvgIpc) is 3.13. The van der Waals surface area contributed by atoms with E-state index in [1.54, 1.807) is 7.11 Å². The van der Waals surface area contributed by atoms with Gasteiger partial charge in [-0.05, 0) is 19.3 Å². The Morgan fingerprint density at radius 3 is 2.93 bits per heavy atom. The number of urea groups is 1. The van der Waals surface area contributed by atoms with Crippen LogP contribution in [0.25, 0.3) is 0 Å². The Morgan fingerprint density at radius 1 is 1.37 bits per heavy atom. The molecule has 1 spiro atoms. The molecule has 2 saturated heterocycles. The molecule has 3 rings (SSSR count). The van der Waals surface area contributed by atoms with E-state index < -0.39 is 0 Å². The Kier molecular flexibility index (Phi) is 7.09. The minimum Gasteiger partial charge on any atom is -0.383 e. The first-order valence-electron chi connectivity index (χ1n) is 10.0. The molecule has 3 heterocycles. The van der Waals surface area contributed by atoms with E-state index in [1.807, 2.05) is 17.3 Å². The van der Waals surface area contributed by atoms with Gasteiger partial charge in [-0.25, -0.2) is 9.78 Å². The monoisotopic (exact) mass is 379 g/mol. The maximum atomic E-state index is 12.3. The molecule has 0 aliphatic carbocycles. The highest BCUT2D eigenvalue weighted by Crippen LogP contribution is 2.30. The van der Waals surface area contributed by atoms with Gasteiger partial charge in [-0.2, -0.15) is 0 Å². The fourth-order valence-electron chi connectivity index (χ4n) is 3.87. The van der Waals surface area contributed by atoms with Gasteiger partial charge in [-0.3, -0.25) is 4.90 Å². The average molecular weight is 380 g/mol. The summed E-state index contributed by atoms with van der Waals surface area (Å²) in [6.45, 7) is 9.07. The standard InChI is InChI=1S/C19H33N5O3/c1-3-6-21-18(25)24-12-14-27-19(16-24)4-8-22(9-5-19)15-17-20-7-10-23(17)11-13-26-2/h7,10H,3-6,8-9,11-16H2,1-2H3,(H,21,25). The lowest BCUT2D eigenvalue weighted by molar-refractivity contribution is -0.126. The molecule has 1 aromatic rings. The molecule has 2 aliphatic heterocycles. The van der Waals surface area contributed by atoms with Gasteiger partial charge in [-0.1, -0.05) is 6.92 Å². The highest BCUT2D eigenvalue weighted by atomic mass is 16.5. The van der Waals surface area contributed by atoms with Crippen molar-refractivity contribution in [1.29, 1.82) is 0 Å². The van der Waals surface area contributed by atoms with Crippen molar-refractivity contribution < 1.29 is 14.3 Å². The maximum absolute atomic E-state index is 12.3. The molecule has 1 N–H and O–H groups in total. The van der Waals surface area contributed by atoms with Crippen molar-refractivity contribution in [3.05, 3.63) is 18.2 Å². The molecule has 0 aromatic carbocycles. The van der Waals surface area contributed by atoms with Gasteiger partial charge in [0.2, 0.25) is 0 Å². The number of aromatic nitrogens is 2. The molecule has 0 bridgehead atoms. The molecule has 8 nitrogen and oxygen atoms in total. The van der Waals surface area contributed by atoms with Crippen LogP contribution in [-0.2, 0) is 22.6 Å². The quantitative estimate of drug-likeness (QED) is 0.774. The van der Waals surface area contributed by atoms with Crippen molar-refractivity contribution in [2.75, 3.05) is 53.0 Å². The van der Waals surface area contributed by atoms with E-state index in [4.69, 9.17) is 9.47 Å². The second kappa shape index (κ2) is 9.52. The van der Waals surface area contributed by atoms with Crippen LogP contribution in [-0.4, -0.2) is 84.0 Å². The summed E-state index contributed by atoms with van der Waals surface area (Å²) in [5.41, 5.74) is -0.191. The summed E-state index contributed by atoms with van der Waals surface area (Å²) in [5.74, 6) is 1.08. The summed E-state index contributed by atoms with van der Waals surface area (Å²) in [4.78, 5) is 21.2. The number of morpholine rings is 1. The zero-order chi connectivity index (χ0) is 19.1. The highest BCUT2D eigenvalue weighted by molar-refractivity contribution is 5.74. The van der Waals surface area contributed by atoms with Crippen LogP contribution >= 0.6 is 0 Å². The fourth-order valence-corrected chi connectivity index (χ4v) is 3.87. The van der Waals surface area contributed by atoms with Gasteiger partial charge in [0, 0.05) is 52.2 Å². The van der Waals surface area contributed by atoms with Crippen LogP contribution in [0, 0.1) is 0 Å². The van der Waals surface area contributed by atoms with Gasteiger partial charge in [-0.15, -0.1) is 0 Å². The number of amides is 2. The summed E-state index contributed by atoms with van der Waals surface area (Å²) < 4.78 is 13.5. The van der Waals surface area contributed by atoms with Crippen LogP contribution in [0.5, 0.6) is 0 Å². The molecule has 8 heteroatoms. The van der Waals surface area contributed by atoms with Gasteiger partial charge in [0.15, 0.2) is 0 Å². The van der Waals surface area contributed by atoms with Gasteiger partial charge in [0.05, 0.1) is 31.9 Å². The first-order chi connectivity index (χ1) is 13.2. The Hall–Kier alpha value is -1.64. The molecule has 0 unspecified atom stereocenters. The van der Waals surface area contributed by atoms with Gasteiger partial charge < -0.3 is 24.3 Å². The Bertz CT molecular complexity index is 598. The molecular formula is C19H33N5O3. The third kappa shape index (κ3) is 5.21. The zero-order valence-electron chi connectivity index (χ0n) is 16.7. The number of carbonyl (C=O) groups excluding carboxylic acids is 1. The van der Waals surface area contributed by atoms with Gasteiger partial charge in [0.1, 0.15) is 5.82 Å². The minimum absolute atomic E-state index is 0.0436. The predicted octanol–water partition coefficient (Wildman–Crippen LogP) is 1.32. The second-order valence-electron chi connectivity index (χ2n) is 7.49. The first kappa shape index (κ1) is 20.1. The van der Waals surface area contributed by atoms with Crippen LogP contribution in [0.1, 0.15) is 32.0 Å². The Labute approximate surface area is 161 Å². The van der Waals surface area contributed by atoms with E-state index in [0.29, 0.717) is 26.3 Å². The van der Waals surface area contributed by atoms with E-state index in [1.165, 1.54) is 0 Å². The van der Waals surface area contributed by atoms with Crippen molar-refractivity contribution in [2.24, 2.45) is 0 Å². The maximum Gasteiger partial charge on any atom is 0.317 e. The molecule has 27 heavy (non-hydrogen) atoms. The lowest BCUT2D eigenvalue weighted by Crippen LogP contribution is -2.59. The lowest BCUT2D eigenvalue weighted by atomic mass is 9.89. The number of piperidine rings is 1. The minimum atomic E-state index is -0.191. The van der Waals surface area contributed by atoms with Crippen molar-refractivity contribution in [3.8, 4) is 0 Å². The Morgan fingerprint density at radius 2 is 2.19 bits per heavy atom. The number of nitrogens with zero attached hydrogens (tertiary/aromatic N) is 4. The number of likely N-dealkylation sites (tertiary alicyclic amines) is 1. The summed E-state index contributed by atoms with van der Waals surface area (Å²) >= 11 is 0. The zero-order valence-corrected chi connectivity index (χ0v) is 16.7. The summed E-state index contributed by atoms with van der Waals surface area (Å²) in [7, 11) is 1.72. The molecule has 2 fully saturated rings. The van der Waals surface area contributed by atoms with Crippen LogP contribution in [0.4, 0.5) is 4.79 Å². The van der Waals surface area contributed by atoms with E-state index >= 15 is 0 Å². The molecule has 0 radical (unpaired) electrons. The van der Waals surface area contributed by atoms with Gasteiger partial charge >= 0.3 is 6.03 Å². The summed E-state index contributed by atoms with van der Waals surface area (Å²) in [6.07, 6.45) is 6.72.